The van der Waals surface area contributed by atoms with Crippen molar-refractivity contribution in [2.45, 2.75) is 11.4 Å². The quantitative estimate of drug-likeness (QED) is 0.468. The van der Waals surface area contributed by atoms with Crippen LogP contribution in [0.15, 0.2) is 46.3 Å². The molecule has 0 atom stereocenters. The van der Waals surface area contributed by atoms with Crippen molar-refractivity contribution in [3.05, 3.63) is 46.8 Å². The minimum atomic E-state index is -0.433. The number of methoxy groups -OCH3 is 1. The predicted octanol–water partition coefficient (Wildman–Crippen LogP) is 3.11. The molecule has 1 aliphatic heterocycles. The molecule has 0 spiro atoms. The third-order valence-electron chi connectivity index (χ3n) is 4.40. The van der Waals surface area contributed by atoms with E-state index in [1.54, 1.807) is 34.5 Å². The van der Waals surface area contributed by atoms with Gasteiger partial charge in [-0.1, -0.05) is 11.3 Å². The molecule has 0 aliphatic carbocycles. The molecule has 150 valence electrons. The Bertz CT molecular complexity index is 1150. The number of hydrogen-bond acceptors (Lipinski definition) is 7. The fraction of sp³-hybridized carbons (Fsp3) is 0.250. The molecular formula is C20H18N2O5S2. The van der Waals surface area contributed by atoms with E-state index >= 15 is 0 Å². The second kappa shape index (κ2) is 8.30. The lowest BCUT2D eigenvalue weighted by atomic mass is 10.2. The molecule has 1 aliphatic rings. The molecule has 0 bridgehead atoms. The first-order valence-corrected chi connectivity index (χ1v) is 10.9. The van der Waals surface area contributed by atoms with Crippen LogP contribution in [0.3, 0.4) is 0 Å². The second-order valence-electron chi connectivity index (χ2n) is 6.16. The average Bonchev–Trinajstić information content (AvgIpc) is 3.07. The van der Waals surface area contributed by atoms with Crippen molar-refractivity contribution in [3.63, 3.8) is 0 Å². The monoisotopic (exact) mass is 430 g/mol. The number of hydrogen-bond donors (Lipinski definition) is 0. The number of amides is 1. The zero-order chi connectivity index (χ0) is 20.4. The number of thiazole rings is 1. The number of esters is 1. The van der Waals surface area contributed by atoms with E-state index in [1.165, 1.54) is 18.4 Å². The summed E-state index contributed by atoms with van der Waals surface area (Å²) in [5.41, 5.74) is 1.21. The number of nitrogens with zero attached hydrogens (tertiary/aromatic N) is 2. The topological polar surface area (TPSA) is 79.1 Å². The lowest BCUT2D eigenvalue weighted by Crippen LogP contribution is -2.22. The molecule has 0 fully saturated rings. The molecule has 0 saturated heterocycles. The highest BCUT2D eigenvalue weighted by Gasteiger charge is 2.18. The Morgan fingerprint density at radius 2 is 1.86 bits per heavy atom. The van der Waals surface area contributed by atoms with Gasteiger partial charge in [0.2, 0.25) is 0 Å². The lowest BCUT2D eigenvalue weighted by Gasteiger charge is -2.18. The van der Waals surface area contributed by atoms with Crippen molar-refractivity contribution < 1.29 is 23.8 Å². The van der Waals surface area contributed by atoms with Crippen LogP contribution in [-0.2, 0) is 16.1 Å². The van der Waals surface area contributed by atoms with Crippen molar-refractivity contribution >= 4 is 45.2 Å². The smallest absolute Gasteiger partial charge is 0.325 e. The summed E-state index contributed by atoms with van der Waals surface area (Å²) in [4.78, 5) is 30.4. The first-order chi connectivity index (χ1) is 14.1. The minimum Gasteiger partial charge on any atom is -0.486 e. The highest BCUT2D eigenvalue weighted by atomic mass is 32.2. The zero-order valence-corrected chi connectivity index (χ0v) is 17.5. The molecule has 2 aromatic carbocycles. The summed E-state index contributed by atoms with van der Waals surface area (Å²) < 4.78 is 18.6. The summed E-state index contributed by atoms with van der Waals surface area (Å²) >= 11 is 2.91. The summed E-state index contributed by atoms with van der Waals surface area (Å²) in [6.07, 6.45) is 1.97. The van der Waals surface area contributed by atoms with E-state index in [1.807, 2.05) is 24.5 Å². The van der Waals surface area contributed by atoms with Crippen LogP contribution in [0.4, 0.5) is 0 Å². The van der Waals surface area contributed by atoms with Gasteiger partial charge in [-0.3, -0.25) is 9.59 Å². The normalized spacial score (nSPS) is 13.5. The van der Waals surface area contributed by atoms with Gasteiger partial charge >= 0.3 is 5.97 Å². The van der Waals surface area contributed by atoms with Gasteiger partial charge in [-0.25, -0.2) is 0 Å². The Morgan fingerprint density at radius 1 is 1.17 bits per heavy atom. The molecule has 1 amide bonds. The third kappa shape index (κ3) is 4.01. The maximum absolute atomic E-state index is 12.7. The lowest BCUT2D eigenvalue weighted by molar-refractivity contribution is -0.141. The number of benzene rings is 2. The second-order valence-corrected chi connectivity index (χ2v) is 8.04. The molecular weight excluding hydrogens is 412 g/mol. The van der Waals surface area contributed by atoms with E-state index in [4.69, 9.17) is 14.2 Å². The molecule has 3 aromatic rings. The van der Waals surface area contributed by atoms with Gasteiger partial charge in [0, 0.05) is 22.6 Å². The first kappa shape index (κ1) is 19.5. The molecule has 7 nitrogen and oxygen atoms in total. The van der Waals surface area contributed by atoms with Crippen LogP contribution >= 0.6 is 23.1 Å². The molecule has 2 heterocycles. The van der Waals surface area contributed by atoms with Crippen molar-refractivity contribution in [1.82, 2.24) is 4.57 Å². The van der Waals surface area contributed by atoms with Crippen LogP contribution in [0, 0.1) is 0 Å². The Kier molecular flexibility index (Phi) is 5.59. The van der Waals surface area contributed by atoms with Crippen LogP contribution in [0.25, 0.3) is 10.2 Å². The molecule has 1 aromatic heterocycles. The fourth-order valence-corrected chi connectivity index (χ4v) is 4.37. The van der Waals surface area contributed by atoms with Crippen LogP contribution in [0.1, 0.15) is 10.4 Å². The predicted molar refractivity (Wildman–Crippen MR) is 111 cm³/mol. The van der Waals surface area contributed by atoms with Crippen molar-refractivity contribution in [2.75, 3.05) is 26.6 Å². The summed E-state index contributed by atoms with van der Waals surface area (Å²) in [5, 5.41) is 0. The largest absolute Gasteiger partial charge is 0.486 e. The van der Waals surface area contributed by atoms with Gasteiger partial charge < -0.3 is 18.8 Å². The Hall–Kier alpha value is -2.78. The van der Waals surface area contributed by atoms with Gasteiger partial charge in [-0.15, -0.1) is 11.8 Å². The van der Waals surface area contributed by atoms with E-state index in [2.05, 4.69) is 4.99 Å². The van der Waals surface area contributed by atoms with E-state index in [0.29, 0.717) is 35.1 Å². The summed E-state index contributed by atoms with van der Waals surface area (Å²) in [7, 11) is 1.32. The van der Waals surface area contributed by atoms with E-state index in [9.17, 15) is 9.59 Å². The average molecular weight is 431 g/mol. The third-order valence-corrected chi connectivity index (χ3v) is 6.18. The number of carbonyl (C=O) groups is 2. The fourth-order valence-electron chi connectivity index (χ4n) is 2.92. The number of carbonyl (C=O) groups excluding carboxylic acids is 2. The first-order valence-electron chi connectivity index (χ1n) is 8.82. The van der Waals surface area contributed by atoms with Crippen molar-refractivity contribution in [2.24, 2.45) is 4.99 Å². The van der Waals surface area contributed by atoms with Crippen LogP contribution in [-0.4, -0.2) is 43.0 Å². The van der Waals surface area contributed by atoms with E-state index in [0.717, 1.165) is 15.1 Å². The summed E-state index contributed by atoms with van der Waals surface area (Å²) in [6.45, 7) is 0.878. The molecule has 0 N–H and O–H groups in total. The van der Waals surface area contributed by atoms with Gasteiger partial charge in [0.1, 0.15) is 19.8 Å². The molecule has 9 heteroatoms. The highest BCUT2D eigenvalue weighted by Crippen LogP contribution is 2.35. The van der Waals surface area contributed by atoms with Crippen LogP contribution < -0.4 is 14.3 Å². The van der Waals surface area contributed by atoms with Gasteiger partial charge in [0.05, 0.1) is 17.3 Å². The summed E-state index contributed by atoms with van der Waals surface area (Å²) in [6, 6.07) is 10.9. The maximum atomic E-state index is 12.7. The number of aromatic nitrogens is 1. The van der Waals surface area contributed by atoms with E-state index < -0.39 is 5.97 Å². The highest BCUT2D eigenvalue weighted by molar-refractivity contribution is 7.98. The standard InChI is InChI=1S/C20H18N2O5S2/c1-25-18(23)11-22-14-9-15-16(27-8-7-26-15)10-17(14)29-20(22)21-19(24)12-3-5-13(28-2)6-4-12/h3-6,9-10H,7-8,11H2,1-2H3. The number of ether oxygens (including phenoxy) is 3. The zero-order valence-electron chi connectivity index (χ0n) is 15.8. The van der Waals surface area contributed by atoms with Gasteiger partial charge in [-0.2, -0.15) is 4.99 Å². The number of thioether (sulfide) groups is 1. The van der Waals surface area contributed by atoms with Gasteiger partial charge in [0.25, 0.3) is 5.91 Å². The molecule has 0 saturated carbocycles. The van der Waals surface area contributed by atoms with Crippen molar-refractivity contribution in [3.8, 4) is 11.5 Å². The van der Waals surface area contributed by atoms with Crippen LogP contribution in [0.2, 0.25) is 0 Å². The number of rotatable bonds is 4. The molecule has 4 rings (SSSR count). The maximum Gasteiger partial charge on any atom is 0.325 e. The number of fused-ring (bicyclic) bond motifs is 2. The Morgan fingerprint density at radius 3 is 2.52 bits per heavy atom. The molecule has 0 radical (unpaired) electrons. The van der Waals surface area contributed by atoms with Crippen molar-refractivity contribution in [1.29, 1.82) is 0 Å². The summed E-state index contributed by atoms with van der Waals surface area (Å²) in [5.74, 6) is 0.435. The Balaban J connectivity index is 1.82. The van der Waals surface area contributed by atoms with Gasteiger partial charge in [-0.05, 0) is 30.5 Å². The Labute approximate surface area is 174 Å². The SMILES string of the molecule is COC(=O)Cn1c(=NC(=O)c2ccc(SC)cc2)sc2cc3c(cc21)OCCO3. The van der Waals surface area contributed by atoms with Gasteiger partial charge in [0.15, 0.2) is 16.3 Å². The minimum absolute atomic E-state index is 0.0618. The molecule has 29 heavy (non-hydrogen) atoms. The molecule has 0 unspecified atom stereocenters. The van der Waals surface area contributed by atoms with Crippen LogP contribution in [0.5, 0.6) is 11.5 Å². The van der Waals surface area contributed by atoms with E-state index in [-0.39, 0.29) is 12.5 Å².